The van der Waals surface area contributed by atoms with Crippen molar-refractivity contribution in [3.63, 3.8) is 0 Å². The van der Waals surface area contributed by atoms with Gasteiger partial charge >= 0.3 is 0 Å². The third kappa shape index (κ3) is 2.92. The van der Waals surface area contributed by atoms with Gasteiger partial charge in [-0.15, -0.1) is 0 Å². The molecule has 0 atom stereocenters. The Morgan fingerprint density at radius 2 is 0.268 bits per heavy atom. The molecule has 0 saturated heterocycles. The van der Waals surface area contributed by atoms with E-state index in [4.69, 9.17) is 0 Å². The van der Waals surface area contributed by atoms with Crippen LogP contribution in [0, 0.1) is 0 Å². The molecule has 0 unspecified atom stereocenters. The molecular weight excluding hydrogens is 853 g/mol. The van der Waals surface area contributed by atoms with E-state index in [1.165, 1.54) is 237 Å². The van der Waals surface area contributed by atoms with Gasteiger partial charge in [0.1, 0.15) is 0 Å². The Balaban J connectivity index is 0.00000368. The van der Waals surface area contributed by atoms with E-state index >= 15 is 0 Å². The van der Waals surface area contributed by atoms with Gasteiger partial charge in [0.15, 0.2) is 0 Å². The Hall–Kier alpha value is -9.10. The van der Waals surface area contributed by atoms with Crippen LogP contribution in [0.25, 0.3) is 237 Å². The Morgan fingerprint density at radius 1 is 0.127 bits per heavy atom. The normalized spacial score (nSPS) is 14.1. The van der Waals surface area contributed by atoms with Gasteiger partial charge in [-0.05, 0) is 249 Å². The third-order valence-electron chi connectivity index (χ3n) is 19.6. The van der Waals surface area contributed by atoms with Crippen molar-refractivity contribution < 1.29 is 0 Å². The fourth-order valence-electron chi connectivity index (χ4n) is 17.5. The quantitative estimate of drug-likeness (QED) is 0.105. The first-order valence-corrected chi connectivity index (χ1v) is 25.1. The molecule has 0 saturated carbocycles. The van der Waals surface area contributed by atoms with Crippen molar-refractivity contribution in [1.29, 1.82) is 0 Å². The molecule has 0 heterocycles. The molecule has 0 radical (unpaired) electrons. The fraction of sp³-hybridized carbons (Fsp3) is 0.0141. The molecule has 71 heavy (non-hydrogen) atoms. The maximum absolute atomic E-state index is 2.53. The Morgan fingerprint density at radius 3 is 0.437 bits per heavy atom. The molecule has 0 aromatic heterocycles. The van der Waals surface area contributed by atoms with Crippen LogP contribution < -0.4 is 0 Å². The van der Waals surface area contributed by atoms with Crippen molar-refractivity contribution in [1.82, 2.24) is 0 Å². The lowest BCUT2D eigenvalue weighted by Crippen LogP contribution is -2.02. The number of hydrogen-bond donors (Lipinski definition) is 0. The van der Waals surface area contributed by atoms with Crippen molar-refractivity contribution in [2.75, 3.05) is 0 Å². The summed E-state index contributed by atoms with van der Waals surface area (Å²) in [5.74, 6) is 0. The Kier molecular flexibility index (Phi) is 4.64. The van der Waals surface area contributed by atoms with Crippen LogP contribution in [-0.2, 0) is 0 Å². The van der Waals surface area contributed by atoms with Gasteiger partial charge in [-0.25, -0.2) is 0 Å². The summed E-state index contributed by atoms with van der Waals surface area (Å²) in [5, 5.41) is 62.1. The van der Waals surface area contributed by atoms with Crippen molar-refractivity contribution in [2.24, 2.45) is 0 Å². The summed E-state index contributed by atoms with van der Waals surface area (Å²) in [6.07, 6.45) is 0. The van der Waals surface area contributed by atoms with E-state index in [-0.39, 0.29) is 7.43 Å². The van der Waals surface area contributed by atoms with Crippen molar-refractivity contribution in [3.05, 3.63) is 158 Å². The minimum atomic E-state index is 0. The van der Waals surface area contributed by atoms with Crippen LogP contribution in [0.1, 0.15) is 7.43 Å². The largest absolute Gasteiger partial charge is 0.0776 e. The Bertz CT molecular complexity index is 5590. The maximum atomic E-state index is 2.53. The topological polar surface area (TPSA) is 0 Å². The van der Waals surface area contributed by atoms with Crippen LogP contribution in [0.3, 0.4) is 0 Å². The molecule has 23 rings (SSSR count). The zero-order valence-electron chi connectivity index (χ0n) is 37.0. The van der Waals surface area contributed by atoms with E-state index in [9.17, 15) is 0 Å². The predicted octanol–water partition coefficient (Wildman–Crippen LogP) is 20.9. The summed E-state index contributed by atoms with van der Waals surface area (Å²) in [7, 11) is 0. The third-order valence-corrected chi connectivity index (χ3v) is 19.6. The fourth-order valence-corrected chi connectivity index (χ4v) is 17.5. The second kappa shape index (κ2) is 9.86. The molecular formula is C71H30. The predicted molar refractivity (Wildman–Crippen MR) is 313 cm³/mol. The second-order valence-electron chi connectivity index (χ2n) is 21.8. The van der Waals surface area contributed by atoms with E-state index in [1.54, 1.807) is 0 Å². The summed E-state index contributed by atoms with van der Waals surface area (Å²) in [4.78, 5) is 0. The SMILES string of the molecule is C.c1cc2cc3cccc4c5ccc6c7ccc8c9ccc%10c%11cccc%12cc%13cccc%14c%15ccc%16c%17ccc%18c%19ccc%20c(c1)c2c(c34)c1c%20c%19c(c6c51)c1c%18c%17c(c8c71)c1c%16c%15c(c%10c91)c(c%13%14)c%12%11. The molecule has 23 aromatic rings. The minimum Gasteiger partial charge on any atom is -0.0776 e. The second-order valence-corrected chi connectivity index (χ2v) is 21.8. The lowest BCUT2D eigenvalue weighted by molar-refractivity contribution is 1.82. The van der Waals surface area contributed by atoms with Gasteiger partial charge in [0.05, 0.1) is 0 Å². The van der Waals surface area contributed by atoms with Crippen LogP contribution in [0.5, 0.6) is 0 Å². The summed E-state index contributed by atoms with van der Waals surface area (Å²) < 4.78 is 0. The average molecular weight is 883 g/mol. The average Bonchev–Trinajstić information content (AvgIpc) is 3.41. The van der Waals surface area contributed by atoms with Crippen molar-refractivity contribution >= 4 is 237 Å². The van der Waals surface area contributed by atoms with Crippen molar-refractivity contribution in [2.45, 2.75) is 7.43 Å². The lowest BCUT2D eigenvalue weighted by Gasteiger charge is -2.31. The van der Waals surface area contributed by atoms with E-state index in [2.05, 4.69) is 158 Å². The highest BCUT2D eigenvalue weighted by Gasteiger charge is 2.35. The molecule has 0 bridgehead atoms. The van der Waals surface area contributed by atoms with Gasteiger partial charge in [0, 0.05) is 0 Å². The first-order valence-electron chi connectivity index (χ1n) is 25.1. The molecule has 0 aliphatic rings. The number of benzene rings is 23. The minimum absolute atomic E-state index is 0. The summed E-state index contributed by atoms with van der Waals surface area (Å²) >= 11 is 0. The van der Waals surface area contributed by atoms with Crippen LogP contribution in [-0.4, -0.2) is 0 Å². The zero-order valence-corrected chi connectivity index (χ0v) is 37.0. The van der Waals surface area contributed by atoms with Gasteiger partial charge in [-0.3, -0.25) is 0 Å². The highest BCUT2D eigenvalue weighted by Crippen LogP contribution is 2.64. The summed E-state index contributed by atoms with van der Waals surface area (Å²) in [5.41, 5.74) is 0. The standard InChI is InChI=1S/C70H26.CH4/c1-5-27-25-28-6-2-10-32-36-14-18-40-44-23-24-46-42-20-16-38-34-12-4-8-30-26-29-7-3-11-33-37-15-19-41-45-22-21-43-39-17-13-35-31(9-1)47(27)63(48(28)32)65-51(35)55(39)67(56(40)52(36)65)69-59(43)61(45)70(62(46)60(44)69)68-57(41)53(37)66(54(38)58(42)68)64(49(29)33)50(30)34;/h1-26H;1H4. The molecule has 0 fully saturated rings. The molecule has 0 heteroatoms. The molecule has 23 aromatic carbocycles. The smallest absolute Gasteiger partial charge is 0.0000476 e. The molecule has 0 spiro atoms. The maximum Gasteiger partial charge on any atom is -0.0000476 e. The van der Waals surface area contributed by atoms with Crippen LogP contribution in [0.4, 0.5) is 0 Å². The van der Waals surface area contributed by atoms with Gasteiger partial charge in [-0.2, -0.15) is 0 Å². The number of fused-ring (bicyclic) bond motifs is 8. The number of hydrogen-bond acceptors (Lipinski definition) is 0. The highest BCUT2D eigenvalue weighted by atomic mass is 14.4. The molecule has 314 valence electrons. The van der Waals surface area contributed by atoms with Crippen molar-refractivity contribution in [3.8, 4) is 0 Å². The van der Waals surface area contributed by atoms with E-state index < -0.39 is 0 Å². The first kappa shape index (κ1) is 33.4. The molecule has 0 amide bonds. The summed E-state index contributed by atoms with van der Waals surface area (Å²) in [6, 6.07) is 63.2. The van der Waals surface area contributed by atoms with Gasteiger partial charge in [0.25, 0.3) is 0 Å². The van der Waals surface area contributed by atoms with Gasteiger partial charge in [-0.1, -0.05) is 153 Å². The lowest BCUT2D eigenvalue weighted by atomic mass is 9.71. The first-order chi connectivity index (χ1) is 34.8. The van der Waals surface area contributed by atoms with Crippen LogP contribution >= 0.6 is 0 Å². The van der Waals surface area contributed by atoms with Gasteiger partial charge in [0.2, 0.25) is 0 Å². The Labute approximate surface area is 400 Å². The van der Waals surface area contributed by atoms with Gasteiger partial charge < -0.3 is 0 Å². The molecule has 0 nitrogen and oxygen atoms in total. The van der Waals surface area contributed by atoms with Crippen LogP contribution in [0.15, 0.2) is 158 Å². The van der Waals surface area contributed by atoms with E-state index in [0.717, 1.165) is 0 Å². The summed E-state index contributed by atoms with van der Waals surface area (Å²) in [6.45, 7) is 0. The molecule has 0 aliphatic heterocycles. The zero-order chi connectivity index (χ0) is 43.8. The molecule has 0 aliphatic carbocycles. The molecule has 0 N–H and O–H groups in total. The van der Waals surface area contributed by atoms with E-state index in [0.29, 0.717) is 0 Å². The highest BCUT2D eigenvalue weighted by molar-refractivity contribution is 6.65. The van der Waals surface area contributed by atoms with E-state index in [1.807, 2.05) is 0 Å². The number of rotatable bonds is 0. The van der Waals surface area contributed by atoms with Crippen LogP contribution in [0.2, 0.25) is 0 Å². The monoisotopic (exact) mass is 882 g/mol.